The molecule has 3 amide bonds. The zero-order valence-electron chi connectivity index (χ0n) is 22.7. The molecule has 9 heteroatoms. The largest absolute Gasteiger partial charge is 0.352 e. The van der Waals surface area contributed by atoms with Crippen LogP contribution >= 0.6 is 0 Å². The number of urea groups is 1. The number of rotatable bonds is 13. The zero-order chi connectivity index (χ0) is 28.3. The van der Waals surface area contributed by atoms with Gasteiger partial charge in [-0.2, -0.15) is 0 Å². The van der Waals surface area contributed by atoms with Crippen molar-refractivity contribution >= 4 is 33.3 Å². The minimum Gasteiger partial charge on any atom is -0.352 e. The van der Waals surface area contributed by atoms with E-state index in [4.69, 9.17) is 0 Å². The lowest BCUT2D eigenvalue weighted by Gasteiger charge is -2.22. The molecule has 3 aromatic rings. The van der Waals surface area contributed by atoms with Gasteiger partial charge in [-0.1, -0.05) is 74.2 Å². The molecule has 8 nitrogen and oxygen atoms in total. The third-order valence-corrected chi connectivity index (χ3v) is 7.66. The Balaban J connectivity index is 1.62. The minimum atomic E-state index is -3.73. The lowest BCUT2D eigenvalue weighted by molar-refractivity contribution is -0.123. The van der Waals surface area contributed by atoms with Gasteiger partial charge in [-0.05, 0) is 62.2 Å². The molecule has 0 aliphatic rings. The van der Waals surface area contributed by atoms with Crippen molar-refractivity contribution in [1.82, 2.24) is 10.6 Å². The number of amides is 3. The molecular weight excluding hydrogens is 512 g/mol. The number of anilines is 2. The van der Waals surface area contributed by atoms with Crippen LogP contribution in [-0.4, -0.2) is 32.4 Å². The molecule has 0 radical (unpaired) electrons. The van der Waals surface area contributed by atoms with Gasteiger partial charge >= 0.3 is 6.03 Å². The Bertz CT molecular complexity index is 1310. The fourth-order valence-electron chi connectivity index (χ4n) is 4.05. The number of aryl methyl sites for hydroxylation is 1. The SMILES string of the molecule is CCCCCC(C)NC(=O)[C@@H](Cc1ccccc1)NC(=O)Nc1ccc(NS(=O)(=O)c2ccc(C)cc2)cc1. The smallest absolute Gasteiger partial charge is 0.319 e. The number of nitrogens with one attached hydrogen (secondary N) is 4. The Morgan fingerprint density at radius 2 is 1.46 bits per heavy atom. The van der Waals surface area contributed by atoms with Gasteiger partial charge in [0.15, 0.2) is 0 Å². The lowest BCUT2D eigenvalue weighted by atomic mass is 10.0. The summed E-state index contributed by atoms with van der Waals surface area (Å²) in [6.45, 7) is 6.00. The minimum absolute atomic E-state index is 0.00316. The molecule has 0 aromatic heterocycles. The van der Waals surface area contributed by atoms with Gasteiger partial charge in [0.05, 0.1) is 4.90 Å². The monoisotopic (exact) mass is 550 g/mol. The second-order valence-electron chi connectivity index (χ2n) is 9.74. The van der Waals surface area contributed by atoms with E-state index in [0.717, 1.165) is 36.8 Å². The third kappa shape index (κ3) is 9.76. The fraction of sp³-hybridized carbons (Fsp3) is 0.333. The van der Waals surface area contributed by atoms with Crippen molar-refractivity contribution in [2.24, 2.45) is 0 Å². The van der Waals surface area contributed by atoms with E-state index >= 15 is 0 Å². The molecule has 0 aliphatic carbocycles. The predicted octanol–water partition coefficient (Wildman–Crippen LogP) is 5.61. The Morgan fingerprint density at radius 1 is 0.821 bits per heavy atom. The van der Waals surface area contributed by atoms with Crippen LogP contribution in [0.1, 0.15) is 50.7 Å². The van der Waals surface area contributed by atoms with Gasteiger partial charge in [0.1, 0.15) is 6.04 Å². The molecule has 2 atom stereocenters. The average molecular weight is 551 g/mol. The molecule has 0 saturated carbocycles. The quantitative estimate of drug-likeness (QED) is 0.207. The summed E-state index contributed by atoms with van der Waals surface area (Å²) in [5, 5.41) is 8.55. The van der Waals surface area contributed by atoms with E-state index in [1.54, 1.807) is 48.5 Å². The Labute approximate surface area is 231 Å². The van der Waals surface area contributed by atoms with Gasteiger partial charge in [-0.15, -0.1) is 0 Å². The first kappa shape index (κ1) is 29.7. The summed E-state index contributed by atoms with van der Waals surface area (Å²) >= 11 is 0. The van der Waals surface area contributed by atoms with Gasteiger partial charge in [0, 0.05) is 23.8 Å². The van der Waals surface area contributed by atoms with E-state index in [1.165, 1.54) is 0 Å². The van der Waals surface area contributed by atoms with Crippen LogP contribution in [-0.2, 0) is 21.2 Å². The number of carbonyl (C=O) groups is 2. The molecular formula is C30H38N4O4S. The maximum absolute atomic E-state index is 13.1. The molecule has 3 rings (SSSR count). The van der Waals surface area contributed by atoms with Gasteiger partial charge in [-0.25, -0.2) is 13.2 Å². The van der Waals surface area contributed by atoms with Gasteiger partial charge in [0.25, 0.3) is 10.0 Å². The number of unbranched alkanes of at least 4 members (excludes halogenated alkanes) is 2. The highest BCUT2D eigenvalue weighted by atomic mass is 32.2. The van der Waals surface area contributed by atoms with Crippen molar-refractivity contribution < 1.29 is 18.0 Å². The first-order chi connectivity index (χ1) is 18.7. The zero-order valence-corrected chi connectivity index (χ0v) is 23.6. The molecule has 3 aromatic carbocycles. The highest BCUT2D eigenvalue weighted by Crippen LogP contribution is 2.19. The fourth-order valence-corrected chi connectivity index (χ4v) is 5.11. The topological polar surface area (TPSA) is 116 Å². The van der Waals surface area contributed by atoms with Crippen molar-refractivity contribution in [2.45, 2.75) is 69.9 Å². The van der Waals surface area contributed by atoms with Crippen molar-refractivity contribution in [3.8, 4) is 0 Å². The van der Waals surface area contributed by atoms with Crippen LogP contribution < -0.4 is 20.7 Å². The normalized spacial score (nSPS) is 12.7. The van der Waals surface area contributed by atoms with Gasteiger partial charge < -0.3 is 16.0 Å². The molecule has 0 saturated heterocycles. The van der Waals surface area contributed by atoms with E-state index in [1.807, 2.05) is 44.2 Å². The summed E-state index contributed by atoms with van der Waals surface area (Å²) in [7, 11) is -3.73. The standard InChI is InChI=1S/C30H38N4O4S/c1-4-5-7-10-23(3)31-29(35)28(21-24-11-8-6-9-12-24)33-30(36)32-25-15-17-26(18-16-25)34-39(37,38)27-19-13-22(2)14-20-27/h6,8-9,11-20,23,28,34H,4-5,7,10,21H2,1-3H3,(H,31,35)(H2,32,33,36)/t23?,28-/m1/s1. The first-order valence-corrected chi connectivity index (χ1v) is 14.8. The average Bonchev–Trinajstić information content (AvgIpc) is 2.90. The van der Waals surface area contributed by atoms with Gasteiger partial charge in [0.2, 0.25) is 5.91 Å². The number of hydrogen-bond acceptors (Lipinski definition) is 4. The van der Waals surface area contributed by atoms with Crippen molar-refractivity contribution in [3.63, 3.8) is 0 Å². The first-order valence-electron chi connectivity index (χ1n) is 13.3. The maximum Gasteiger partial charge on any atom is 0.319 e. The van der Waals surface area contributed by atoms with Crippen molar-refractivity contribution in [3.05, 3.63) is 90.0 Å². The number of hydrogen-bond donors (Lipinski definition) is 4. The van der Waals surface area contributed by atoms with E-state index in [2.05, 4.69) is 27.6 Å². The second-order valence-corrected chi connectivity index (χ2v) is 11.4. The number of carbonyl (C=O) groups excluding carboxylic acids is 2. The van der Waals surface area contributed by atoms with Crippen LogP contribution in [0.4, 0.5) is 16.2 Å². The summed E-state index contributed by atoms with van der Waals surface area (Å²) in [4.78, 5) is 26.1. The van der Waals surface area contributed by atoms with E-state index in [9.17, 15) is 18.0 Å². The molecule has 0 spiro atoms. The maximum atomic E-state index is 13.1. The van der Waals surface area contributed by atoms with E-state index < -0.39 is 22.1 Å². The Morgan fingerprint density at radius 3 is 2.10 bits per heavy atom. The number of sulfonamides is 1. The molecule has 208 valence electrons. The highest BCUT2D eigenvalue weighted by Gasteiger charge is 2.23. The molecule has 0 fully saturated rings. The van der Waals surface area contributed by atoms with Crippen LogP contribution in [0.5, 0.6) is 0 Å². The summed E-state index contributed by atoms with van der Waals surface area (Å²) in [6.07, 6.45) is 4.48. The Kier molecular flexibility index (Phi) is 10.9. The van der Waals surface area contributed by atoms with Crippen LogP contribution in [0.25, 0.3) is 0 Å². The Hall–Kier alpha value is -3.85. The summed E-state index contributed by atoms with van der Waals surface area (Å²) < 4.78 is 27.8. The van der Waals surface area contributed by atoms with E-state index in [0.29, 0.717) is 17.8 Å². The summed E-state index contributed by atoms with van der Waals surface area (Å²) in [5.74, 6) is -0.237. The molecule has 4 N–H and O–H groups in total. The molecule has 1 unspecified atom stereocenters. The molecule has 0 bridgehead atoms. The second kappa shape index (κ2) is 14.3. The van der Waals surface area contributed by atoms with Crippen molar-refractivity contribution in [1.29, 1.82) is 0 Å². The predicted molar refractivity (Wildman–Crippen MR) is 156 cm³/mol. The summed E-state index contributed by atoms with van der Waals surface area (Å²) in [6, 6.07) is 21.1. The third-order valence-electron chi connectivity index (χ3n) is 6.26. The lowest BCUT2D eigenvalue weighted by Crippen LogP contribution is -2.51. The number of benzene rings is 3. The van der Waals surface area contributed by atoms with Crippen LogP contribution in [0.2, 0.25) is 0 Å². The van der Waals surface area contributed by atoms with Crippen LogP contribution in [0, 0.1) is 6.92 Å². The molecule has 0 aliphatic heterocycles. The molecule has 0 heterocycles. The molecule has 39 heavy (non-hydrogen) atoms. The summed E-state index contributed by atoms with van der Waals surface area (Å²) in [5.41, 5.74) is 2.71. The van der Waals surface area contributed by atoms with Crippen LogP contribution in [0.3, 0.4) is 0 Å². The van der Waals surface area contributed by atoms with E-state index in [-0.39, 0.29) is 16.8 Å². The van der Waals surface area contributed by atoms with Gasteiger partial charge in [-0.3, -0.25) is 9.52 Å². The highest BCUT2D eigenvalue weighted by molar-refractivity contribution is 7.92. The van der Waals surface area contributed by atoms with Crippen molar-refractivity contribution in [2.75, 3.05) is 10.0 Å². The van der Waals surface area contributed by atoms with Crippen LogP contribution in [0.15, 0.2) is 83.8 Å².